The van der Waals surface area contributed by atoms with Crippen LogP contribution in [0.15, 0.2) is 0 Å². The third kappa shape index (κ3) is 3.09. The highest BCUT2D eigenvalue weighted by Gasteiger charge is 2.40. The lowest BCUT2D eigenvalue weighted by Gasteiger charge is -2.38. The molecular formula is C14H23NO4. The standard InChI is InChI=1S/C14H23NO4/c16-13(11-12-1-7-17-8-2-12)15-5-3-14(4-6-15)18-9-10-19-14/h12H,1-11H2. The second-order valence-electron chi connectivity index (χ2n) is 5.75. The van der Waals surface area contributed by atoms with E-state index < -0.39 is 0 Å². The van der Waals surface area contributed by atoms with Crippen LogP contribution < -0.4 is 0 Å². The molecule has 3 aliphatic heterocycles. The lowest BCUT2D eigenvalue weighted by atomic mass is 9.95. The Hall–Kier alpha value is -0.650. The van der Waals surface area contributed by atoms with Crippen molar-refractivity contribution in [2.75, 3.05) is 39.5 Å². The average Bonchev–Trinajstić information content (AvgIpc) is 2.89. The van der Waals surface area contributed by atoms with Crippen molar-refractivity contribution in [3.8, 4) is 0 Å². The van der Waals surface area contributed by atoms with Gasteiger partial charge in [0.2, 0.25) is 5.91 Å². The predicted molar refractivity (Wildman–Crippen MR) is 68.6 cm³/mol. The van der Waals surface area contributed by atoms with Crippen LogP contribution in [-0.2, 0) is 19.0 Å². The van der Waals surface area contributed by atoms with Crippen LogP contribution in [0.5, 0.6) is 0 Å². The Labute approximate surface area is 114 Å². The Morgan fingerprint density at radius 2 is 1.68 bits per heavy atom. The highest BCUT2D eigenvalue weighted by molar-refractivity contribution is 5.76. The van der Waals surface area contributed by atoms with E-state index in [0.29, 0.717) is 31.5 Å². The molecule has 19 heavy (non-hydrogen) atoms. The fourth-order valence-corrected chi connectivity index (χ4v) is 3.21. The zero-order chi connectivity index (χ0) is 13.1. The third-order valence-electron chi connectivity index (χ3n) is 4.50. The first-order valence-electron chi connectivity index (χ1n) is 7.41. The third-order valence-corrected chi connectivity index (χ3v) is 4.50. The van der Waals surface area contributed by atoms with Gasteiger partial charge >= 0.3 is 0 Å². The van der Waals surface area contributed by atoms with Crippen molar-refractivity contribution in [2.24, 2.45) is 5.92 Å². The van der Waals surface area contributed by atoms with E-state index in [0.717, 1.165) is 52.0 Å². The van der Waals surface area contributed by atoms with Gasteiger partial charge in [-0.2, -0.15) is 0 Å². The number of hydrogen-bond donors (Lipinski definition) is 0. The second kappa shape index (κ2) is 5.77. The molecule has 3 heterocycles. The number of ether oxygens (including phenoxy) is 3. The van der Waals surface area contributed by atoms with Crippen molar-refractivity contribution in [1.82, 2.24) is 4.90 Å². The van der Waals surface area contributed by atoms with Gasteiger partial charge < -0.3 is 19.1 Å². The molecule has 1 amide bonds. The van der Waals surface area contributed by atoms with Crippen molar-refractivity contribution in [3.05, 3.63) is 0 Å². The number of carbonyl (C=O) groups excluding carboxylic acids is 1. The number of hydrogen-bond acceptors (Lipinski definition) is 4. The smallest absolute Gasteiger partial charge is 0.222 e. The van der Waals surface area contributed by atoms with Crippen LogP contribution >= 0.6 is 0 Å². The van der Waals surface area contributed by atoms with Gasteiger partial charge in [-0.1, -0.05) is 0 Å². The summed E-state index contributed by atoms with van der Waals surface area (Å²) in [5, 5.41) is 0. The number of rotatable bonds is 2. The molecule has 0 aromatic heterocycles. The molecule has 1 spiro atoms. The SMILES string of the molecule is O=C(CC1CCOCC1)N1CCC2(CC1)OCCO2. The molecule has 0 atom stereocenters. The van der Waals surface area contributed by atoms with Crippen LogP contribution in [-0.4, -0.2) is 56.1 Å². The van der Waals surface area contributed by atoms with Crippen LogP contribution in [0.25, 0.3) is 0 Å². The largest absolute Gasteiger partial charge is 0.381 e. The molecule has 3 aliphatic rings. The number of piperidine rings is 1. The maximum Gasteiger partial charge on any atom is 0.222 e. The van der Waals surface area contributed by atoms with Crippen molar-refractivity contribution in [3.63, 3.8) is 0 Å². The number of likely N-dealkylation sites (tertiary alicyclic amines) is 1. The molecule has 0 aromatic rings. The summed E-state index contributed by atoms with van der Waals surface area (Å²) in [4.78, 5) is 14.3. The lowest BCUT2D eigenvalue weighted by molar-refractivity contribution is -0.187. The molecule has 0 unspecified atom stereocenters. The highest BCUT2D eigenvalue weighted by atomic mass is 16.7. The maximum atomic E-state index is 12.3. The molecule has 5 nitrogen and oxygen atoms in total. The molecule has 0 bridgehead atoms. The molecule has 5 heteroatoms. The van der Waals surface area contributed by atoms with Crippen molar-refractivity contribution in [1.29, 1.82) is 0 Å². The van der Waals surface area contributed by atoms with E-state index in [1.807, 2.05) is 4.90 Å². The van der Waals surface area contributed by atoms with Gasteiger partial charge in [0.1, 0.15) is 0 Å². The normalized spacial score (nSPS) is 27.9. The minimum Gasteiger partial charge on any atom is -0.381 e. The first-order valence-corrected chi connectivity index (χ1v) is 7.41. The van der Waals surface area contributed by atoms with E-state index >= 15 is 0 Å². The topological polar surface area (TPSA) is 48.0 Å². The highest BCUT2D eigenvalue weighted by Crippen LogP contribution is 2.32. The number of nitrogens with zero attached hydrogens (tertiary/aromatic N) is 1. The summed E-state index contributed by atoms with van der Waals surface area (Å²) in [7, 11) is 0. The molecule has 3 saturated heterocycles. The summed E-state index contributed by atoms with van der Waals surface area (Å²) in [6.07, 6.45) is 4.35. The first-order chi connectivity index (χ1) is 9.27. The summed E-state index contributed by atoms with van der Waals surface area (Å²) >= 11 is 0. The summed E-state index contributed by atoms with van der Waals surface area (Å²) < 4.78 is 16.7. The molecule has 3 rings (SSSR count). The monoisotopic (exact) mass is 269 g/mol. The van der Waals surface area contributed by atoms with E-state index in [-0.39, 0.29) is 5.79 Å². The van der Waals surface area contributed by atoms with E-state index in [1.54, 1.807) is 0 Å². The number of amides is 1. The minimum absolute atomic E-state index is 0.291. The zero-order valence-electron chi connectivity index (χ0n) is 11.4. The van der Waals surface area contributed by atoms with Crippen LogP contribution in [0.3, 0.4) is 0 Å². The molecule has 0 aliphatic carbocycles. The molecular weight excluding hydrogens is 246 g/mol. The van der Waals surface area contributed by atoms with Crippen LogP contribution in [0.4, 0.5) is 0 Å². The zero-order valence-corrected chi connectivity index (χ0v) is 11.4. The Morgan fingerprint density at radius 3 is 2.32 bits per heavy atom. The maximum absolute atomic E-state index is 12.3. The molecule has 0 radical (unpaired) electrons. The van der Waals surface area contributed by atoms with Crippen LogP contribution in [0, 0.1) is 5.92 Å². The van der Waals surface area contributed by atoms with Gasteiger partial charge in [-0.15, -0.1) is 0 Å². The van der Waals surface area contributed by atoms with Gasteiger partial charge in [-0.3, -0.25) is 4.79 Å². The minimum atomic E-state index is -0.380. The Bertz CT molecular complexity index is 311. The van der Waals surface area contributed by atoms with Crippen molar-refractivity contribution < 1.29 is 19.0 Å². The molecule has 3 fully saturated rings. The van der Waals surface area contributed by atoms with E-state index in [4.69, 9.17) is 14.2 Å². The van der Waals surface area contributed by atoms with Gasteiger partial charge in [0.05, 0.1) is 13.2 Å². The molecule has 108 valence electrons. The number of carbonyl (C=O) groups is 1. The summed E-state index contributed by atoms with van der Waals surface area (Å²) in [5.41, 5.74) is 0. The van der Waals surface area contributed by atoms with Gasteiger partial charge in [0.15, 0.2) is 5.79 Å². The first kappa shape index (κ1) is 13.3. The Morgan fingerprint density at radius 1 is 1.05 bits per heavy atom. The fraction of sp³-hybridized carbons (Fsp3) is 0.929. The van der Waals surface area contributed by atoms with Gasteiger partial charge in [0, 0.05) is 45.6 Å². The van der Waals surface area contributed by atoms with Gasteiger partial charge in [-0.05, 0) is 18.8 Å². The Balaban J connectivity index is 1.46. The summed E-state index contributed by atoms with van der Waals surface area (Å²) in [6, 6.07) is 0. The second-order valence-corrected chi connectivity index (χ2v) is 5.75. The van der Waals surface area contributed by atoms with Crippen LogP contribution in [0.2, 0.25) is 0 Å². The lowest BCUT2D eigenvalue weighted by Crippen LogP contribution is -2.47. The fourth-order valence-electron chi connectivity index (χ4n) is 3.21. The van der Waals surface area contributed by atoms with E-state index in [9.17, 15) is 4.79 Å². The Kier molecular flexibility index (Phi) is 4.05. The van der Waals surface area contributed by atoms with Gasteiger partial charge in [0.25, 0.3) is 0 Å². The van der Waals surface area contributed by atoms with Crippen LogP contribution in [0.1, 0.15) is 32.1 Å². The molecule has 0 saturated carbocycles. The summed E-state index contributed by atoms with van der Waals surface area (Å²) in [5.74, 6) is 0.422. The van der Waals surface area contributed by atoms with Crippen molar-refractivity contribution in [2.45, 2.75) is 37.9 Å². The van der Waals surface area contributed by atoms with E-state index in [1.165, 1.54) is 0 Å². The average molecular weight is 269 g/mol. The van der Waals surface area contributed by atoms with E-state index in [2.05, 4.69) is 0 Å². The quantitative estimate of drug-likeness (QED) is 0.755. The van der Waals surface area contributed by atoms with Gasteiger partial charge in [-0.25, -0.2) is 0 Å². The predicted octanol–water partition coefficient (Wildman–Crippen LogP) is 1.17. The molecule has 0 N–H and O–H groups in total. The summed E-state index contributed by atoms with van der Waals surface area (Å²) in [6.45, 7) is 4.53. The molecule has 0 aromatic carbocycles. The van der Waals surface area contributed by atoms with Crippen molar-refractivity contribution >= 4 is 5.91 Å².